The smallest absolute Gasteiger partial charge is 0.141 e. The van der Waals surface area contributed by atoms with Gasteiger partial charge in [0.15, 0.2) is 0 Å². The zero-order valence-corrected chi connectivity index (χ0v) is 9.90. The molecule has 3 nitrogen and oxygen atoms in total. The molecular formula is C13H18FN3. The van der Waals surface area contributed by atoms with Crippen LogP contribution in [0, 0.1) is 11.7 Å². The maximum atomic E-state index is 12.8. The number of rotatable bonds is 1. The molecule has 0 saturated carbocycles. The summed E-state index contributed by atoms with van der Waals surface area (Å²) < 4.78 is 12.8. The maximum absolute atomic E-state index is 12.8. The van der Waals surface area contributed by atoms with E-state index in [-0.39, 0.29) is 5.82 Å². The Morgan fingerprint density at radius 2 is 2.29 bits per heavy atom. The van der Waals surface area contributed by atoms with E-state index >= 15 is 0 Å². The molecule has 2 unspecified atom stereocenters. The summed E-state index contributed by atoms with van der Waals surface area (Å²) in [5.74, 6) is 1.38. The molecule has 2 atom stereocenters. The normalized spacial score (nSPS) is 28.9. The van der Waals surface area contributed by atoms with E-state index in [9.17, 15) is 4.39 Å². The summed E-state index contributed by atoms with van der Waals surface area (Å²) in [6.07, 6.45) is 5.05. The second-order valence-electron chi connectivity index (χ2n) is 5.03. The summed E-state index contributed by atoms with van der Waals surface area (Å²) in [7, 11) is 0. The fourth-order valence-electron chi connectivity index (χ4n) is 3.01. The van der Waals surface area contributed by atoms with E-state index in [4.69, 9.17) is 0 Å². The van der Waals surface area contributed by atoms with E-state index in [1.807, 2.05) is 0 Å². The van der Waals surface area contributed by atoms with E-state index < -0.39 is 0 Å². The predicted octanol–water partition coefficient (Wildman–Crippen LogP) is 1.80. The molecule has 92 valence electrons. The highest BCUT2D eigenvalue weighted by atomic mass is 19.1. The first kappa shape index (κ1) is 11.0. The zero-order valence-electron chi connectivity index (χ0n) is 9.90. The summed E-state index contributed by atoms with van der Waals surface area (Å²) in [5, 5.41) is 3.60. The molecule has 1 aromatic rings. The molecule has 3 heterocycles. The van der Waals surface area contributed by atoms with Crippen molar-refractivity contribution in [2.45, 2.75) is 25.3 Å². The van der Waals surface area contributed by atoms with Gasteiger partial charge in [-0.3, -0.25) is 0 Å². The predicted molar refractivity (Wildman–Crippen MR) is 65.5 cm³/mol. The minimum absolute atomic E-state index is 0.261. The first-order valence-corrected chi connectivity index (χ1v) is 6.43. The molecule has 2 fully saturated rings. The Kier molecular flexibility index (Phi) is 2.97. The van der Waals surface area contributed by atoms with Crippen LogP contribution in [-0.2, 0) is 0 Å². The topological polar surface area (TPSA) is 28.2 Å². The molecular weight excluding hydrogens is 217 g/mol. The van der Waals surface area contributed by atoms with Crippen molar-refractivity contribution in [2.75, 3.05) is 24.5 Å². The Labute approximate surface area is 101 Å². The molecule has 3 rings (SSSR count). The average molecular weight is 235 g/mol. The van der Waals surface area contributed by atoms with Crippen LogP contribution < -0.4 is 10.2 Å². The molecule has 2 saturated heterocycles. The Bertz CT molecular complexity index is 379. The molecule has 2 aliphatic rings. The van der Waals surface area contributed by atoms with Gasteiger partial charge in [0.1, 0.15) is 11.6 Å². The minimum atomic E-state index is -0.261. The Morgan fingerprint density at radius 1 is 1.35 bits per heavy atom. The Hall–Kier alpha value is -1.16. The summed E-state index contributed by atoms with van der Waals surface area (Å²) in [4.78, 5) is 6.46. The standard InChI is InChI=1S/C13H18FN3/c14-11-3-4-13(16-8-11)17-7-5-12-10(9-17)2-1-6-15-12/h3-4,8,10,12,15H,1-2,5-7,9H2. The van der Waals surface area contributed by atoms with Gasteiger partial charge < -0.3 is 10.2 Å². The lowest BCUT2D eigenvalue weighted by atomic mass is 9.85. The molecule has 0 aliphatic carbocycles. The number of hydrogen-bond acceptors (Lipinski definition) is 3. The highest BCUT2D eigenvalue weighted by molar-refractivity contribution is 5.38. The van der Waals surface area contributed by atoms with Gasteiger partial charge in [-0.2, -0.15) is 0 Å². The average Bonchev–Trinajstić information content (AvgIpc) is 2.39. The van der Waals surface area contributed by atoms with E-state index in [1.165, 1.54) is 31.5 Å². The van der Waals surface area contributed by atoms with Crippen LogP contribution in [0.3, 0.4) is 0 Å². The van der Waals surface area contributed by atoms with Gasteiger partial charge >= 0.3 is 0 Å². The fourth-order valence-corrected chi connectivity index (χ4v) is 3.01. The number of pyridine rings is 1. The van der Waals surface area contributed by atoms with Crippen LogP contribution in [0.4, 0.5) is 10.2 Å². The van der Waals surface area contributed by atoms with Crippen molar-refractivity contribution in [3.8, 4) is 0 Å². The van der Waals surface area contributed by atoms with Crippen molar-refractivity contribution >= 4 is 5.82 Å². The van der Waals surface area contributed by atoms with E-state index in [0.29, 0.717) is 6.04 Å². The molecule has 0 bridgehead atoms. The Balaban J connectivity index is 1.71. The van der Waals surface area contributed by atoms with Gasteiger partial charge in [0.25, 0.3) is 0 Å². The van der Waals surface area contributed by atoms with Crippen LogP contribution in [0.2, 0.25) is 0 Å². The summed E-state index contributed by atoms with van der Waals surface area (Å²) in [6.45, 7) is 3.24. The third-order valence-electron chi connectivity index (χ3n) is 3.93. The second kappa shape index (κ2) is 4.61. The largest absolute Gasteiger partial charge is 0.356 e. The van der Waals surface area contributed by atoms with E-state index in [0.717, 1.165) is 31.4 Å². The lowest BCUT2D eigenvalue weighted by molar-refractivity contribution is 0.244. The minimum Gasteiger partial charge on any atom is -0.356 e. The zero-order chi connectivity index (χ0) is 11.7. The summed E-state index contributed by atoms with van der Waals surface area (Å²) in [5.41, 5.74) is 0. The summed E-state index contributed by atoms with van der Waals surface area (Å²) >= 11 is 0. The van der Waals surface area contributed by atoms with Gasteiger partial charge in [0.05, 0.1) is 6.20 Å². The van der Waals surface area contributed by atoms with Crippen LogP contribution in [0.1, 0.15) is 19.3 Å². The van der Waals surface area contributed by atoms with Crippen LogP contribution in [0.25, 0.3) is 0 Å². The molecule has 0 radical (unpaired) electrons. The van der Waals surface area contributed by atoms with Gasteiger partial charge in [-0.05, 0) is 43.9 Å². The first-order chi connectivity index (χ1) is 8.33. The van der Waals surface area contributed by atoms with Gasteiger partial charge in [-0.15, -0.1) is 0 Å². The number of anilines is 1. The molecule has 1 aromatic heterocycles. The number of halogens is 1. The number of nitrogens with zero attached hydrogens (tertiary/aromatic N) is 2. The number of aromatic nitrogens is 1. The third-order valence-corrected chi connectivity index (χ3v) is 3.93. The van der Waals surface area contributed by atoms with Gasteiger partial charge in [0.2, 0.25) is 0 Å². The lowest BCUT2D eigenvalue weighted by Crippen LogP contribution is -2.52. The van der Waals surface area contributed by atoms with Crippen molar-refractivity contribution in [3.63, 3.8) is 0 Å². The lowest BCUT2D eigenvalue weighted by Gasteiger charge is -2.42. The monoisotopic (exact) mass is 235 g/mol. The maximum Gasteiger partial charge on any atom is 0.141 e. The van der Waals surface area contributed by atoms with Crippen molar-refractivity contribution < 1.29 is 4.39 Å². The van der Waals surface area contributed by atoms with Crippen molar-refractivity contribution in [3.05, 3.63) is 24.1 Å². The molecule has 2 aliphatic heterocycles. The molecule has 4 heteroatoms. The van der Waals surface area contributed by atoms with Crippen LogP contribution in [0.15, 0.2) is 18.3 Å². The van der Waals surface area contributed by atoms with E-state index in [1.54, 1.807) is 6.07 Å². The van der Waals surface area contributed by atoms with Crippen molar-refractivity contribution in [1.29, 1.82) is 0 Å². The highest BCUT2D eigenvalue weighted by Gasteiger charge is 2.31. The second-order valence-corrected chi connectivity index (χ2v) is 5.03. The molecule has 0 amide bonds. The van der Waals surface area contributed by atoms with Crippen LogP contribution in [-0.4, -0.2) is 30.7 Å². The third kappa shape index (κ3) is 2.27. The number of piperidine rings is 2. The van der Waals surface area contributed by atoms with Gasteiger partial charge in [-0.25, -0.2) is 9.37 Å². The van der Waals surface area contributed by atoms with Crippen molar-refractivity contribution in [1.82, 2.24) is 10.3 Å². The Morgan fingerprint density at radius 3 is 3.12 bits per heavy atom. The van der Waals surface area contributed by atoms with Crippen LogP contribution >= 0.6 is 0 Å². The van der Waals surface area contributed by atoms with Crippen LogP contribution in [0.5, 0.6) is 0 Å². The number of nitrogens with one attached hydrogen (secondary N) is 1. The highest BCUT2D eigenvalue weighted by Crippen LogP contribution is 2.27. The van der Waals surface area contributed by atoms with Gasteiger partial charge in [-0.1, -0.05) is 0 Å². The molecule has 0 spiro atoms. The number of hydrogen-bond donors (Lipinski definition) is 1. The first-order valence-electron chi connectivity index (χ1n) is 6.43. The summed E-state index contributed by atoms with van der Waals surface area (Å²) in [6, 6.07) is 3.96. The number of fused-ring (bicyclic) bond motifs is 1. The fraction of sp³-hybridized carbons (Fsp3) is 0.615. The van der Waals surface area contributed by atoms with E-state index in [2.05, 4.69) is 15.2 Å². The van der Waals surface area contributed by atoms with Crippen molar-refractivity contribution in [2.24, 2.45) is 5.92 Å². The molecule has 1 N–H and O–H groups in total. The molecule has 0 aromatic carbocycles. The SMILES string of the molecule is Fc1ccc(N2CCC3NCCCC3C2)nc1. The molecule has 17 heavy (non-hydrogen) atoms. The quantitative estimate of drug-likeness (QED) is 0.804. The van der Waals surface area contributed by atoms with Gasteiger partial charge in [0, 0.05) is 19.1 Å².